The van der Waals surface area contributed by atoms with Crippen molar-refractivity contribution < 1.29 is 9.53 Å². The highest BCUT2D eigenvalue weighted by Crippen LogP contribution is 2.20. The number of amides is 1. The second kappa shape index (κ2) is 9.76. The van der Waals surface area contributed by atoms with Gasteiger partial charge in [-0.05, 0) is 49.2 Å². The molecule has 5 nitrogen and oxygen atoms in total. The number of ether oxygens (including phenoxy) is 1. The lowest BCUT2D eigenvalue weighted by Crippen LogP contribution is -2.39. The number of carbonyl (C=O) groups excluding carboxylic acids is 1. The smallest absolute Gasteiger partial charge is 0.234 e. The normalized spacial score (nSPS) is 15.4. The first-order valence-corrected chi connectivity index (χ1v) is 10.4. The minimum atomic E-state index is 0.111. The molecule has 1 N–H and O–H groups in total. The van der Waals surface area contributed by atoms with Crippen LogP contribution < -0.4 is 15.0 Å². The van der Waals surface area contributed by atoms with Gasteiger partial charge in [-0.25, -0.2) is 0 Å². The summed E-state index contributed by atoms with van der Waals surface area (Å²) in [5, 5.41) is 3.06. The Kier molecular flexibility index (Phi) is 7.12. The Morgan fingerprint density at radius 2 is 1.85 bits per heavy atom. The van der Waals surface area contributed by atoms with Crippen LogP contribution in [0.2, 0.25) is 0 Å². The minimum absolute atomic E-state index is 0.111. The molecule has 1 aromatic carbocycles. The lowest BCUT2D eigenvalue weighted by Gasteiger charge is -2.23. The molecule has 0 spiro atoms. The highest BCUT2D eigenvalue weighted by Gasteiger charge is 2.17. The highest BCUT2D eigenvalue weighted by atomic mass is 32.1. The van der Waals surface area contributed by atoms with Crippen molar-refractivity contribution in [3.63, 3.8) is 0 Å². The fourth-order valence-corrected chi connectivity index (χ4v) is 4.23. The second-order valence-electron chi connectivity index (χ2n) is 6.81. The number of thiophene rings is 1. The maximum Gasteiger partial charge on any atom is 0.234 e. The zero-order valence-electron chi connectivity index (χ0n) is 16.2. The predicted octanol–water partition coefficient (Wildman–Crippen LogP) is 3.15. The molecule has 2 aromatic rings. The van der Waals surface area contributed by atoms with Crippen LogP contribution in [0, 0.1) is 0 Å². The number of hydrogen-bond donors (Lipinski definition) is 1. The molecule has 0 aliphatic carbocycles. The molecule has 0 bridgehead atoms. The van der Waals surface area contributed by atoms with Crippen LogP contribution in [0.1, 0.15) is 23.1 Å². The van der Waals surface area contributed by atoms with E-state index in [0.29, 0.717) is 13.1 Å². The first-order valence-electron chi connectivity index (χ1n) is 9.63. The number of nitrogens with one attached hydrogen (secondary N) is 1. The Morgan fingerprint density at radius 1 is 1.07 bits per heavy atom. The van der Waals surface area contributed by atoms with Crippen LogP contribution in [-0.2, 0) is 17.8 Å². The zero-order chi connectivity index (χ0) is 19.1. The molecule has 1 fully saturated rings. The van der Waals surface area contributed by atoms with Gasteiger partial charge >= 0.3 is 0 Å². The number of benzene rings is 1. The Bertz CT molecular complexity index is 729. The molecule has 1 aliphatic heterocycles. The molecule has 0 unspecified atom stereocenters. The Hall–Kier alpha value is -2.05. The van der Waals surface area contributed by atoms with E-state index in [0.717, 1.165) is 44.8 Å². The van der Waals surface area contributed by atoms with Crippen LogP contribution in [0.25, 0.3) is 0 Å². The van der Waals surface area contributed by atoms with Gasteiger partial charge < -0.3 is 15.0 Å². The van der Waals surface area contributed by atoms with Crippen molar-refractivity contribution in [1.82, 2.24) is 10.2 Å². The number of carbonyl (C=O) groups is 1. The van der Waals surface area contributed by atoms with Crippen LogP contribution in [0.15, 0.2) is 36.4 Å². The van der Waals surface area contributed by atoms with E-state index >= 15 is 0 Å². The van der Waals surface area contributed by atoms with Crippen molar-refractivity contribution in [2.24, 2.45) is 0 Å². The van der Waals surface area contributed by atoms with Crippen LogP contribution in [0.5, 0.6) is 5.75 Å². The van der Waals surface area contributed by atoms with Gasteiger partial charge in [-0.2, -0.15) is 0 Å². The van der Waals surface area contributed by atoms with Gasteiger partial charge in [0.2, 0.25) is 5.91 Å². The minimum Gasteiger partial charge on any atom is -0.497 e. The Labute approximate surface area is 165 Å². The van der Waals surface area contributed by atoms with Gasteiger partial charge in [0.15, 0.2) is 0 Å². The van der Waals surface area contributed by atoms with Crippen molar-refractivity contribution in [1.29, 1.82) is 0 Å². The molecule has 3 rings (SSSR count). The molecule has 1 aromatic heterocycles. The van der Waals surface area contributed by atoms with E-state index in [4.69, 9.17) is 4.74 Å². The molecular formula is C21H29N3O2S. The molecule has 0 atom stereocenters. The molecule has 27 heavy (non-hydrogen) atoms. The number of anilines is 1. The summed E-state index contributed by atoms with van der Waals surface area (Å²) in [5.41, 5.74) is 1.21. The summed E-state index contributed by atoms with van der Waals surface area (Å²) in [7, 11) is 1.69. The first kappa shape index (κ1) is 19.7. The molecular weight excluding hydrogens is 358 g/mol. The third-order valence-electron chi connectivity index (χ3n) is 4.92. The van der Waals surface area contributed by atoms with Crippen molar-refractivity contribution in [3.8, 4) is 5.75 Å². The van der Waals surface area contributed by atoms with Gasteiger partial charge in [0.1, 0.15) is 5.75 Å². The van der Waals surface area contributed by atoms with Gasteiger partial charge in [0, 0.05) is 41.6 Å². The molecule has 1 aliphatic rings. The molecule has 1 amide bonds. The molecule has 1 saturated heterocycles. The van der Waals surface area contributed by atoms with E-state index in [2.05, 4.69) is 46.3 Å². The van der Waals surface area contributed by atoms with Crippen LogP contribution in [0.4, 0.5) is 5.69 Å². The average molecular weight is 388 g/mol. The monoisotopic (exact) mass is 387 g/mol. The van der Waals surface area contributed by atoms with E-state index in [-0.39, 0.29) is 5.91 Å². The standard InChI is InChI=1S/C21H29N3O2S/c1-3-19-9-10-20(27-19)15-22-21(25)16-23-11-4-12-24(14-13-23)17-5-7-18(26-2)8-6-17/h5-10H,3-4,11-16H2,1-2H3,(H,22,25). The van der Waals surface area contributed by atoms with E-state index in [1.165, 1.54) is 15.4 Å². The first-order chi connectivity index (χ1) is 13.2. The number of methoxy groups -OCH3 is 1. The SMILES string of the molecule is CCc1ccc(CNC(=O)CN2CCCN(c3ccc(OC)cc3)CC2)s1. The van der Waals surface area contributed by atoms with Crippen molar-refractivity contribution in [3.05, 3.63) is 46.2 Å². The molecule has 146 valence electrons. The topological polar surface area (TPSA) is 44.8 Å². The predicted molar refractivity (Wildman–Crippen MR) is 112 cm³/mol. The van der Waals surface area contributed by atoms with E-state index in [1.807, 2.05) is 12.1 Å². The maximum absolute atomic E-state index is 12.3. The van der Waals surface area contributed by atoms with E-state index in [9.17, 15) is 4.79 Å². The fraction of sp³-hybridized carbons (Fsp3) is 0.476. The van der Waals surface area contributed by atoms with Gasteiger partial charge in [0.25, 0.3) is 0 Å². The number of hydrogen-bond acceptors (Lipinski definition) is 5. The highest BCUT2D eigenvalue weighted by molar-refractivity contribution is 7.11. The van der Waals surface area contributed by atoms with E-state index in [1.54, 1.807) is 18.4 Å². The van der Waals surface area contributed by atoms with Crippen molar-refractivity contribution >= 4 is 22.9 Å². The van der Waals surface area contributed by atoms with Gasteiger partial charge in [-0.15, -0.1) is 11.3 Å². The lowest BCUT2D eigenvalue weighted by molar-refractivity contribution is -0.122. The fourth-order valence-electron chi connectivity index (χ4n) is 3.33. The van der Waals surface area contributed by atoms with Crippen molar-refractivity contribution in [2.45, 2.75) is 26.3 Å². The van der Waals surface area contributed by atoms with Crippen LogP contribution in [0.3, 0.4) is 0 Å². The third kappa shape index (κ3) is 5.71. The van der Waals surface area contributed by atoms with Crippen LogP contribution in [-0.4, -0.2) is 50.6 Å². The summed E-state index contributed by atoms with van der Waals surface area (Å²) in [6.07, 6.45) is 2.11. The number of nitrogens with zero attached hydrogens (tertiary/aromatic N) is 2. The molecule has 2 heterocycles. The molecule has 0 radical (unpaired) electrons. The van der Waals surface area contributed by atoms with Gasteiger partial charge in [-0.3, -0.25) is 9.69 Å². The summed E-state index contributed by atoms with van der Waals surface area (Å²) in [6.45, 7) is 7.07. The maximum atomic E-state index is 12.3. The summed E-state index contributed by atoms with van der Waals surface area (Å²) in [4.78, 5) is 19.5. The Balaban J connectivity index is 1.45. The quantitative estimate of drug-likeness (QED) is 0.793. The molecule has 0 saturated carbocycles. The van der Waals surface area contributed by atoms with Crippen molar-refractivity contribution in [2.75, 3.05) is 44.7 Å². The summed E-state index contributed by atoms with van der Waals surface area (Å²) < 4.78 is 5.23. The van der Waals surface area contributed by atoms with Gasteiger partial charge in [-0.1, -0.05) is 6.92 Å². The van der Waals surface area contributed by atoms with Gasteiger partial charge in [0.05, 0.1) is 20.2 Å². The van der Waals surface area contributed by atoms with Crippen LogP contribution >= 0.6 is 11.3 Å². The average Bonchev–Trinajstić information content (AvgIpc) is 3.05. The number of aryl methyl sites for hydroxylation is 1. The summed E-state index contributed by atoms with van der Waals surface area (Å²) >= 11 is 1.78. The zero-order valence-corrected chi connectivity index (χ0v) is 17.1. The lowest BCUT2D eigenvalue weighted by atomic mass is 10.2. The largest absolute Gasteiger partial charge is 0.497 e. The second-order valence-corrected chi connectivity index (χ2v) is 8.07. The molecule has 6 heteroatoms. The summed E-state index contributed by atoms with van der Waals surface area (Å²) in [5.74, 6) is 0.989. The Morgan fingerprint density at radius 3 is 2.56 bits per heavy atom. The summed E-state index contributed by atoms with van der Waals surface area (Å²) in [6, 6.07) is 12.5. The number of rotatable bonds is 7. The third-order valence-corrected chi connectivity index (χ3v) is 6.15. The van der Waals surface area contributed by atoms with E-state index < -0.39 is 0 Å².